The Morgan fingerprint density at radius 1 is 1.69 bits per heavy atom. The number of nitrogens with zero attached hydrogens (tertiary/aromatic N) is 2. The summed E-state index contributed by atoms with van der Waals surface area (Å²) in [5, 5.41) is 6.74. The minimum absolute atomic E-state index is 0.239. The molecule has 0 radical (unpaired) electrons. The Morgan fingerprint density at radius 3 is 3.15 bits per heavy atom. The van der Waals surface area contributed by atoms with E-state index >= 15 is 0 Å². The van der Waals surface area contributed by atoms with Crippen LogP contribution in [0.1, 0.15) is 12.8 Å². The summed E-state index contributed by atoms with van der Waals surface area (Å²) < 4.78 is 9.91. The molecule has 0 aliphatic rings. The van der Waals surface area contributed by atoms with E-state index in [4.69, 9.17) is 9.26 Å². The second-order valence-corrected chi connectivity index (χ2v) is 2.84. The van der Waals surface area contributed by atoms with E-state index in [1.54, 1.807) is 7.11 Å². The Hall–Kier alpha value is -0.940. The van der Waals surface area contributed by atoms with Crippen molar-refractivity contribution in [1.82, 2.24) is 15.5 Å². The summed E-state index contributed by atoms with van der Waals surface area (Å²) >= 11 is 0. The van der Waals surface area contributed by atoms with Gasteiger partial charge < -0.3 is 14.6 Å². The Morgan fingerprint density at radius 2 is 2.54 bits per heavy atom. The van der Waals surface area contributed by atoms with Crippen molar-refractivity contribution in [3.63, 3.8) is 0 Å². The molecule has 13 heavy (non-hydrogen) atoms. The molecular weight excluding hydrogens is 170 g/mol. The Balaban J connectivity index is 2.02. The van der Waals surface area contributed by atoms with E-state index in [-0.39, 0.29) is 6.10 Å². The lowest BCUT2D eigenvalue weighted by atomic mass is 10.3. The number of aromatic nitrogens is 2. The predicted molar refractivity (Wildman–Crippen MR) is 47.3 cm³/mol. The number of nitrogens with one attached hydrogen (secondary N) is 1. The average molecular weight is 185 g/mol. The van der Waals surface area contributed by atoms with E-state index < -0.39 is 0 Å². The van der Waals surface area contributed by atoms with Crippen molar-refractivity contribution in [1.29, 1.82) is 0 Å². The fourth-order valence-electron chi connectivity index (χ4n) is 0.890. The molecule has 1 unspecified atom stereocenters. The number of ether oxygens (including phenoxy) is 1. The Bertz CT molecular complexity index is 213. The first kappa shape index (κ1) is 10.1. The van der Waals surface area contributed by atoms with Crippen molar-refractivity contribution in [3.05, 3.63) is 12.2 Å². The van der Waals surface area contributed by atoms with Crippen molar-refractivity contribution in [2.24, 2.45) is 0 Å². The molecule has 5 heteroatoms. The van der Waals surface area contributed by atoms with Gasteiger partial charge in [-0.15, -0.1) is 0 Å². The zero-order valence-electron chi connectivity index (χ0n) is 7.99. The van der Waals surface area contributed by atoms with Crippen molar-refractivity contribution in [3.8, 4) is 0 Å². The van der Waals surface area contributed by atoms with Crippen LogP contribution in [0.4, 0.5) is 0 Å². The predicted octanol–water partition coefficient (Wildman–Crippen LogP) is 0.237. The number of hydrogen-bond acceptors (Lipinski definition) is 5. The van der Waals surface area contributed by atoms with E-state index in [0.29, 0.717) is 5.89 Å². The van der Waals surface area contributed by atoms with E-state index in [9.17, 15) is 0 Å². The molecule has 1 atom stereocenters. The first-order valence-corrected chi connectivity index (χ1v) is 4.32. The second kappa shape index (κ2) is 5.66. The highest BCUT2D eigenvalue weighted by Gasteiger charge is 2.00. The molecule has 1 N–H and O–H groups in total. The van der Waals surface area contributed by atoms with Crippen LogP contribution in [0.15, 0.2) is 10.9 Å². The van der Waals surface area contributed by atoms with Gasteiger partial charge in [0.05, 0.1) is 6.10 Å². The highest BCUT2D eigenvalue weighted by Crippen LogP contribution is 1.90. The van der Waals surface area contributed by atoms with Gasteiger partial charge in [-0.1, -0.05) is 5.16 Å². The van der Waals surface area contributed by atoms with Gasteiger partial charge in [0.2, 0.25) is 5.89 Å². The molecule has 0 saturated carbocycles. The third-order valence-electron chi connectivity index (χ3n) is 1.76. The minimum atomic E-state index is 0.239. The Labute approximate surface area is 77.5 Å². The van der Waals surface area contributed by atoms with Gasteiger partial charge in [0, 0.05) is 26.6 Å². The maximum absolute atomic E-state index is 5.07. The van der Waals surface area contributed by atoms with Crippen LogP contribution in [0.3, 0.4) is 0 Å². The molecule has 0 aromatic carbocycles. The summed E-state index contributed by atoms with van der Waals surface area (Å²) in [5.41, 5.74) is 0. The van der Waals surface area contributed by atoms with Crippen LogP contribution in [-0.2, 0) is 11.2 Å². The average Bonchev–Trinajstić information content (AvgIpc) is 2.64. The monoisotopic (exact) mass is 185 g/mol. The molecule has 74 valence electrons. The summed E-state index contributed by atoms with van der Waals surface area (Å²) in [6, 6.07) is 0. The van der Waals surface area contributed by atoms with E-state index in [1.807, 2.05) is 6.92 Å². The highest BCUT2D eigenvalue weighted by molar-refractivity contribution is 4.75. The van der Waals surface area contributed by atoms with E-state index in [1.165, 1.54) is 6.33 Å². The molecule has 1 aromatic rings. The van der Waals surface area contributed by atoms with Crippen molar-refractivity contribution in [2.45, 2.75) is 19.4 Å². The quantitative estimate of drug-likeness (QED) is 0.643. The second-order valence-electron chi connectivity index (χ2n) is 2.84. The van der Waals surface area contributed by atoms with Gasteiger partial charge in [0.25, 0.3) is 0 Å². The van der Waals surface area contributed by atoms with Gasteiger partial charge >= 0.3 is 0 Å². The van der Waals surface area contributed by atoms with E-state index in [0.717, 1.165) is 19.5 Å². The topological polar surface area (TPSA) is 60.2 Å². The fraction of sp³-hybridized carbons (Fsp3) is 0.750. The third kappa shape index (κ3) is 4.00. The molecular formula is C8H15N3O2. The largest absolute Gasteiger partial charge is 0.380 e. The normalized spacial score (nSPS) is 13.1. The van der Waals surface area contributed by atoms with Crippen molar-refractivity contribution < 1.29 is 9.26 Å². The Kier molecular flexibility index (Phi) is 4.42. The zero-order chi connectivity index (χ0) is 9.52. The van der Waals surface area contributed by atoms with Crippen LogP contribution in [-0.4, -0.2) is 36.4 Å². The van der Waals surface area contributed by atoms with Gasteiger partial charge in [0.1, 0.15) is 0 Å². The summed E-state index contributed by atoms with van der Waals surface area (Å²) in [4.78, 5) is 3.90. The molecule has 0 bridgehead atoms. The van der Waals surface area contributed by atoms with Gasteiger partial charge in [-0.25, -0.2) is 0 Å². The molecule has 0 aliphatic carbocycles. The smallest absolute Gasteiger partial charge is 0.227 e. The lowest BCUT2D eigenvalue weighted by molar-refractivity contribution is 0.117. The molecule has 5 nitrogen and oxygen atoms in total. The van der Waals surface area contributed by atoms with E-state index in [2.05, 4.69) is 15.5 Å². The number of rotatable bonds is 6. The molecule has 1 aromatic heterocycles. The van der Waals surface area contributed by atoms with Gasteiger partial charge in [-0.05, 0) is 6.92 Å². The zero-order valence-corrected chi connectivity index (χ0v) is 7.99. The van der Waals surface area contributed by atoms with Crippen LogP contribution in [0.2, 0.25) is 0 Å². The minimum Gasteiger partial charge on any atom is -0.380 e. The van der Waals surface area contributed by atoms with Crippen LogP contribution >= 0.6 is 0 Å². The number of methoxy groups -OCH3 is 1. The molecule has 0 saturated heterocycles. The summed E-state index contributed by atoms with van der Waals surface area (Å²) in [6.07, 6.45) is 2.41. The SMILES string of the molecule is COC(C)CNCCc1ncno1. The molecule has 0 amide bonds. The van der Waals surface area contributed by atoms with Gasteiger partial charge in [-0.2, -0.15) is 4.98 Å². The van der Waals surface area contributed by atoms with Crippen LogP contribution in [0.25, 0.3) is 0 Å². The van der Waals surface area contributed by atoms with Gasteiger partial charge in [0.15, 0.2) is 6.33 Å². The van der Waals surface area contributed by atoms with Crippen LogP contribution in [0, 0.1) is 0 Å². The molecule has 1 heterocycles. The maximum atomic E-state index is 5.07. The maximum Gasteiger partial charge on any atom is 0.227 e. The summed E-state index contributed by atoms with van der Waals surface area (Å²) in [6.45, 7) is 3.68. The standard InChI is InChI=1S/C8H15N3O2/c1-7(12-2)5-9-4-3-8-10-6-11-13-8/h6-7,9H,3-5H2,1-2H3. The fourth-order valence-corrected chi connectivity index (χ4v) is 0.890. The lowest BCUT2D eigenvalue weighted by Gasteiger charge is -2.09. The molecule has 0 fully saturated rings. The lowest BCUT2D eigenvalue weighted by Crippen LogP contribution is -2.27. The van der Waals surface area contributed by atoms with Crippen molar-refractivity contribution in [2.75, 3.05) is 20.2 Å². The first-order chi connectivity index (χ1) is 6.33. The first-order valence-electron chi connectivity index (χ1n) is 4.32. The summed E-state index contributed by atoms with van der Waals surface area (Å²) in [7, 11) is 1.70. The highest BCUT2D eigenvalue weighted by atomic mass is 16.5. The van der Waals surface area contributed by atoms with Crippen LogP contribution < -0.4 is 5.32 Å². The molecule has 1 rings (SSSR count). The summed E-state index contributed by atoms with van der Waals surface area (Å²) in [5.74, 6) is 0.664. The van der Waals surface area contributed by atoms with Crippen molar-refractivity contribution >= 4 is 0 Å². The third-order valence-corrected chi connectivity index (χ3v) is 1.76. The van der Waals surface area contributed by atoms with Crippen LogP contribution in [0.5, 0.6) is 0 Å². The van der Waals surface area contributed by atoms with Gasteiger partial charge in [-0.3, -0.25) is 0 Å². The molecule has 0 aliphatic heterocycles. The molecule has 0 spiro atoms. The number of hydrogen-bond donors (Lipinski definition) is 1.